The van der Waals surface area contributed by atoms with Gasteiger partial charge in [-0.15, -0.1) is 0 Å². The van der Waals surface area contributed by atoms with Crippen molar-refractivity contribution in [3.63, 3.8) is 0 Å². The summed E-state index contributed by atoms with van der Waals surface area (Å²) in [5, 5.41) is 9.01. The lowest BCUT2D eigenvalue weighted by molar-refractivity contribution is 0.634. The highest BCUT2D eigenvalue weighted by atomic mass is 14.6. The molecule has 0 radical (unpaired) electrons. The second kappa shape index (κ2) is 6.15. The van der Waals surface area contributed by atoms with Gasteiger partial charge in [0.15, 0.2) is 0 Å². The van der Waals surface area contributed by atoms with Crippen LogP contribution in [0.3, 0.4) is 0 Å². The van der Waals surface area contributed by atoms with Crippen molar-refractivity contribution in [2.24, 2.45) is 0 Å². The van der Waals surface area contributed by atoms with Gasteiger partial charge in [-0.2, -0.15) is 5.26 Å². The topological polar surface area (TPSA) is 36.7 Å². The van der Waals surface area contributed by atoms with E-state index in [1.165, 1.54) is 12.8 Å². The molecule has 0 aliphatic rings. The van der Waals surface area contributed by atoms with Gasteiger partial charge < -0.3 is 0 Å². The summed E-state index contributed by atoms with van der Waals surface area (Å²) in [6.45, 7) is 2.17. The van der Waals surface area contributed by atoms with Gasteiger partial charge in [0.1, 0.15) is 0 Å². The normalized spacial score (nSPS) is 12.0. The second-order valence-electron chi connectivity index (χ2n) is 3.46. The van der Waals surface area contributed by atoms with E-state index in [4.69, 9.17) is 5.26 Å². The predicted molar refractivity (Wildman–Crippen MR) is 56.7 cm³/mol. The summed E-state index contributed by atoms with van der Waals surface area (Å²) in [5.74, 6) is 0.0459. The molecule has 2 heteroatoms. The highest BCUT2D eigenvalue weighted by Crippen LogP contribution is 2.20. The lowest BCUT2D eigenvalue weighted by atomic mass is 9.95. The minimum Gasteiger partial charge on any atom is -0.265 e. The van der Waals surface area contributed by atoms with Crippen LogP contribution in [0.2, 0.25) is 0 Å². The van der Waals surface area contributed by atoms with E-state index in [0.29, 0.717) is 0 Å². The molecule has 0 bridgehead atoms. The van der Waals surface area contributed by atoms with Crippen LogP contribution in [0.5, 0.6) is 0 Å². The first-order valence-corrected chi connectivity index (χ1v) is 5.18. The minimum atomic E-state index is 0.0459. The molecule has 0 saturated carbocycles. The molecule has 0 saturated heterocycles. The van der Waals surface area contributed by atoms with Crippen LogP contribution in [0.4, 0.5) is 0 Å². The monoisotopic (exact) mass is 188 g/mol. The number of nitrogens with zero attached hydrogens (tertiary/aromatic N) is 2. The number of hydrogen-bond acceptors (Lipinski definition) is 2. The third-order valence-electron chi connectivity index (χ3n) is 2.36. The Morgan fingerprint density at radius 3 is 2.64 bits per heavy atom. The molecular formula is C12H16N2. The molecule has 0 aromatic carbocycles. The van der Waals surface area contributed by atoms with Crippen molar-refractivity contribution >= 4 is 0 Å². The fraction of sp³-hybridized carbons (Fsp3) is 0.500. The van der Waals surface area contributed by atoms with Gasteiger partial charge in [0.25, 0.3) is 0 Å². The number of unbranched alkanes of at least 4 members (excludes halogenated alkanes) is 2. The molecule has 2 nitrogen and oxygen atoms in total. The Morgan fingerprint density at radius 2 is 2.07 bits per heavy atom. The Kier molecular flexibility index (Phi) is 4.71. The molecule has 1 atom stereocenters. The Morgan fingerprint density at radius 1 is 1.36 bits per heavy atom. The SMILES string of the molecule is CCCCCC(C#N)c1ccncc1. The summed E-state index contributed by atoms with van der Waals surface area (Å²) in [7, 11) is 0. The van der Waals surface area contributed by atoms with Gasteiger partial charge in [-0.1, -0.05) is 26.2 Å². The largest absolute Gasteiger partial charge is 0.265 e. The molecule has 0 spiro atoms. The molecule has 1 aromatic rings. The van der Waals surface area contributed by atoms with E-state index in [1.807, 2.05) is 12.1 Å². The molecule has 1 unspecified atom stereocenters. The molecular weight excluding hydrogens is 172 g/mol. The number of nitriles is 1. The Bertz CT molecular complexity index is 287. The summed E-state index contributed by atoms with van der Waals surface area (Å²) in [5.41, 5.74) is 1.10. The van der Waals surface area contributed by atoms with Crippen LogP contribution in [0.1, 0.15) is 44.1 Å². The predicted octanol–water partition coefficient (Wildman–Crippen LogP) is 3.27. The first kappa shape index (κ1) is 10.7. The zero-order valence-electron chi connectivity index (χ0n) is 8.61. The lowest BCUT2D eigenvalue weighted by Crippen LogP contribution is -1.95. The summed E-state index contributed by atoms with van der Waals surface area (Å²) in [4.78, 5) is 3.95. The van der Waals surface area contributed by atoms with Crippen LogP contribution in [0.15, 0.2) is 24.5 Å². The van der Waals surface area contributed by atoms with Gasteiger partial charge in [0.05, 0.1) is 12.0 Å². The van der Waals surface area contributed by atoms with E-state index in [-0.39, 0.29) is 5.92 Å². The molecule has 1 aromatic heterocycles. The molecule has 0 amide bonds. The van der Waals surface area contributed by atoms with Gasteiger partial charge in [0, 0.05) is 12.4 Å². The van der Waals surface area contributed by atoms with E-state index < -0.39 is 0 Å². The van der Waals surface area contributed by atoms with Gasteiger partial charge in [-0.25, -0.2) is 0 Å². The molecule has 74 valence electrons. The quantitative estimate of drug-likeness (QED) is 0.665. The highest BCUT2D eigenvalue weighted by molar-refractivity contribution is 5.21. The van der Waals surface area contributed by atoms with Crippen molar-refractivity contribution in [3.05, 3.63) is 30.1 Å². The summed E-state index contributed by atoms with van der Waals surface area (Å²) >= 11 is 0. The summed E-state index contributed by atoms with van der Waals surface area (Å²) in [6, 6.07) is 6.21. The fourth-order valence-electron chi connectivity index (χ4n) is 1.50. The molecule has 0 fully saturated rings. The van der Waals surface area contributed by atoms with Crippen LogP contribution in [-0.4, -0.2) is 4.98 Å². The highest BCUT2D eigenvalue weighted by Gasteiger charge is 2.08. The Balaban J connectivity index is 2.52. The minimum absolute atomic E-state index is 0.0459. The smallest absolute Gasteiger partial charge is 0.0713 e. The maximum Gasteiger partial charge on any atom is 0.0713 e. The van der Waals surface area contributed by atoms with E-state index in [9.17, 15) is 0 Å². The Labute approximate surface area is 85.6 Å². The van der Waals surface area contributed by atoms with Gasteiger partial charge in [0.2, 0.25) is 0 Å². The molecule has 0 aliphatic carbocycles. The van der Waals surface area contributed by atoms with Crippen LogP contribution in [0, 0.1) is 11.3 Å². The Hall–Kier alpha value is -1.36. The van der Waals surface area contributed by atoms with E-state index in [1.54, 1.807) is 12.4 Å². The molecule has 14 heavy (non-hydrogen) atoms. The van der Waals surface area contributed by atoms with Crippen LogP contribution >= 0.6 is 0 Å². The van der Waals surface area contributed by atoms with Crippen LogP contribution < -0.4 is 0 Å². The van der Waals surface area contributed by atoms with E-state index in [2.05, 4.69) is 18.0 Å². The lowest BCUT2D eigenvalue weighted by Gasteiger charge is -2.07. The van der Waals surface area contributed by atoms with Crippen molar-refractivity contribution in [3.8, 4) is 6.07 Å². The third-order valence-corrected chi connectivity index (χ3v) is 2.36. The van der Waals surface area contributed by atoms with Crippen LogP contribution in [-0.2, 0) is 0 Å². The molecule has 0 aliphatic heterocycles. The first-order chi connectivity index (χ1) is 6.88. The van der Waals surface area contributed by atoms with Crippen molar-refractivity contribution in [2.45, 2.75) is 38.5 Å². The van der Waals surface area contributed by atoms with Crippen molar-refractivity contribution in [1.82, 2.24) is 4.98 Å². The second-order valence-corrected chi connectivity index (χ2v) is 3.46. The number of pyridine rings is 1. The van der Waals surface area contributed by atoms with Gasteiger partial charge in [-0.05, 0) is 24.1 Å². The standard InChI is InChI=1S/C12H16N2/c1-2-3-4-5-12(10-13)11-6-8-14-9-7-11/h6-9,12H,2-5H2,1H3. The molecule has 1 heterocycles. The maximum absolute atomic E-state index is 9.01. The van der Waals surface area contributed by atoms with Gasteiger partial charge >= 0.3 is 0 Å². The van der Waals surface area contributed by atoms with Crippen molar-refractivity contribution < 1.29 is 0 Å². The first-order valence-electron chi connectivity index (χ1n) is 5.18. The van der Waals surface area contributed by atoms with Crippen molar-refractivity contribution in [2.75, 3.05) is 0 Å². The van der Waals surface area contributed by atoms with Crippen molar-refractivity contribution in [1.29, 1.82) is 5.26 Å². The molecule has 0 N–H and O–H groups in total. The van der Waals surface area contributed by atoms with E-state index >= 15 is 0 Å². The number of aromatic nitrogens is 1. The third kappa shape index (κ3) is 3.18. The summed E-state index contributed by atoms with van der Waals surface area (Å²) < 4.78 is 0. The summed E-state index contributed by atoms with van der Waals surface area (Å²) in [6.07, 6.45) is 8.02. The zero-order valence-corrected chi connectivity index (χ0v) is 8.61. The molecule has 1 rings (SSSR count). The fourth-order valence-corrected chi connectivity index (χ4v) is 1.50. The number of rotatable bonds is 5. The maximum atomic E-state index is 9.01. The van der Waals surface area contributed by atoms with Crippen LogP contribution in [0.25, 0.3) is 0 Å². The number of hydrogen-bond donors (Lipinski definition) is 0. The average molecular weight is 188 g/mol. The average Bonchev–Trinajstić information content (AvgIpc) is 2.26. The zero-order chi connectivity index (χ0) is 10.2. The van der Waals surface area contributed by atoms with Gasteiger partial charge in [-0.3, -0.25) is 4.98 Å². The van der Waals surface area contributed by atoms with E-state index in [0.717, 1.165) is 18.4 Å².